The van der Waals surface area contributed by atoms with Gasteiger partial charge in [0.25, 0.3) is 0 Å². The molecule has 0 aliphatic heterocycles. The fourth-order valence-corrected chi connectivity index (χ4v) is 3.40. The van der Waals surface area contributed by atoms with E-state index in [0.717, 1.165) is 23.8 Å². The summed E-state index contributed by atoms with van der Waals surface area (Å²) in [5.41, 5.74) is 0.860. The normalized spacial score (nSPS) is 13.5. The number of hydrogen-bond donors (Lipinski definition) is 3. The van der Waals surface area contributed by atoms with Gasteiger partial charge < -0.3 is 14.9 Å². The average molecular weight is 449 g/mol. The molecule has 0 fully saturated rings. The van der Waals surface area contributed by atoms with Gasteiger partial charge in [-0.2, -0.15) is 0 Å². The minimum atomic E-state index is -1.14. The van der Waals surface area contributed by atoms with Crippen LogP contribution in [0.5, 0.6) is 11.5 Å². The predicted molar refractivity (Wildman–Crippen MR) is 121 cm³/mol. The first-order chi connectivity index (χ1) is 15.6. The first-order valence-corrected chi connectivity index (χ1v) is 10.2. The van der Waals surface area contributed by atoms with Crippen LogP contribution in [0, 0.1) is 0 Å². The number of phenolic OH excluding ortho intramolecular Hbond substituents is 2. The van der Waals surface area contributed by atoms with E-state index >= 15 is 0 Å². The molecular formula is C25H23NO7. The largest absolute Gasteiger partial charge is 0.507 e. The van der Waals surface area contributed by atoms with Gasteiger partial charge in [0.05, 0.1) is 11.1 Å². The van der Waals surface area contributed by atoms with Crippen LogP contribution in [0.1, 0.15) is 58.3 Å². The zero-order valence-electron chi connectivity index (χ0n) is 18.3. The number of hydrogen-bond acceptors (Lipinski definition) is 7. The van der Waals surface area contributed by atoms with E-state index in [9.17, 15) is 29.4 Å². The molecular weight excluding hydrogens is 426 g/mol. The third-order valence-corrected chi connectivity index (χ3v) is 5.04. The van der Waals surface area contributed by atoms with Crippen LogP contribution in [0.15, 0.2) is 59.7 Å². The number of fused-ring (bicyclic) bond motifs is 1. The number of ketones is 3. The van der Waals surface area contributed by atoms with Gasteiger partial charge >= 0.3 is 6.09 Å². The van der Waals surface area contributed by atoms with Gasteiger partial charge in [-0.15, -0.1) is 0 Å². The lowest BCUT2D eigenvalue weighted by Gasteiger charge is -2.23. The second kappa shape index (κ2) is 9.52. The Morgan fingerprint density at radius 2 is 1.70 bits per heavy atom. The predicted octanol–water partition coefficient (Wildman–Crippen LogP) is 4.58. The first-order valence-electron chi connectivity index (χ1n) is 10.2. The summed E-state index contributed by atoms with van der Waals surface area (Å²) >= 11 is 0. The number of phenols is 2. The number of allylic oxidation sites excluding steroid dienone is 2. The third-order valence-electron chi connectivity index (χ3n) is 5.04. The smallest absolute Gasteiger partial charge is 0.412 e. The number of carbonyl (C=O) groups excluding carboxylic acids is 4. The van der Waals surface area contributed by atoms with E-state index in [1.165, 1.54) is 13.0 Å². The number of amides is 1. The Hall–Kier alpha value is -4.20. The van der Waals surface area contributed by atoms with Crippen LogP contribution in [0.3, 0.4) is 0 Å². The molecule has 3 rings (SSSR count). The molecule has 0 saturated heterocycles. The van der Waals surface area contributed by atoms with Crippen LogP contribution >= 0.6 is 0 Å². The maximum Gasteiger partial charge on any atom is 0.412 e. The SMILES string of the molecule is CC(=O)c1cccc(NC(=O)O[C@H](CC=C(C)C)C2=CC(=O)c3c(O)ccc(O)c3C2=O)c1. The number of anilines is 1. The Morgan fingerprint density at radius 1 is 1.03 bits per heavy atom. The molecule has 0 radical (unpaired) electrons. The van der Waals surface area contributed by atoms with E-state index in [-0.39, 0.29) is 28.9 Å². The molecule has 8 heteroatoms. The van der Waals surface area contributed by atoms with Crippen molar-refractivity contribution >= 4 is 29.1 Å². The minimum Gasteiger partial charge on any atom is -0.507 e. The lowest BCUT2D eigenvalue weighted by Crippen LogP contribution is -2.30. The Morgan fingerprint density at radius 3 is 2.33 bits per heavy atom. The van der Waals surface area contributed by atoms with Crippen molar-refractivity contribution in [3.05, 3.63) is 76.4 Å². The van der Waals surface area contributed by atoms with Crippen molar-refractivity contribution < 1.29 is 34.1 Å². The van der Waals surface area contributed by atoms with Gasteiger partial charge in [0, 0.05) is 23.2 Å². The van der Waals surface area contributed by atoms with Crippen LogP contribution in [-0.2, 0) is 4.74 Å². The van der Waals surface area contributed by atoms with Gasteiger partial charge in [-0.25, -0.2) is 4.79 Å². The lowest BCUT2D eigenvalue weighted by molar-refractivity contribution is 0.0913. The van der Waals surface area contributed by atoms with E-state index in [2.05, 4.69) is 5.32 Å². The van der Waals surface area contributed by atoms with Crippen molar-refractivity contribution in [3.8, 4) is 11.5 Å². The molecule has 2 aromatic rings. The zero-order valence-corrected chi connectivity index (χ0v) is 18.3. The van der Waals surface area contributed by atoms with Crippen LogP contribution in [0.2, 0.25) is 0 Å². The molecule has 2 aromatic carbocycles. The number of benzene rings is 2. The summed E-state index contributed by atoms with van der Waals surface area (Å²) in [6.45, 7) is 5.05. The second-order valence-electron chi connectivity index (χ2n) is 7.82. The van der Waals surface area contributed by atoms with Gasteiger partial charge in [0.1, 0.15) is 17.6 Å². The van der Waals surface area contributed by atoms with Crippen molar-refractivity contribution in [1.82, 2.24) is 0 Å². The number of aromatic hydroxyl groups is 2. The number of Topliss-reactive ketones (excluding diaryl/α,β-unsaturated/α-hetero) is 2. The Labute approximate surface area is 190 Å². The monoisotopic (exact) mass is 449 g/mol. The molecule has 0 aromatic heterocycles. The molecule has 0 spiro atoms. The molecule has 170 valence electrons. The molecule has 3 N–H and O–H groups in total. The third kappa shape index (κ3) is 5.17. The van der Waals surface area contributed by atoms with Gasteiger partial charge in [-0.05, 0) is 51.1 Å². The van der Waals surface area contributed by atoms with E-state index in [4.69, 9.17) is 4.74 Å². The van der Waals surface area contributed by atoms with Crippen molar-refractivity contribution in [2.45, 2.75) is 33.3 Å². The van der Waals surface area contributed by atoms with Crippen molar-refractivity contribution in [1.29, 1.82) is 0 Å². The molecule has 0 saturated carbocycles. The summed E-state index contributed by atoms with van der Waals surface area (Å²) in [5, 5.41) is 22.7. The standard InChI is InChI=1S/C25H23NO7/c1-13(2)7-10-21(33-25(32)26-16-6-4-5-15(11-16)14(3)27)17-12-20(30)22-18(28)8-9-19(29)23(22)24(17)31/h4-9,11-12,21,28-29H,10H2,1-3H3,(H,26,32)/t21-/m1/s1. The number of ether oxygens (including phenoxy) is 1. The molecule has 1 atom stereocenters. The topological polar surface area (TPSA) is 130 Å². The highest BCUT2D eigenvalue weighted by Crippen LogP contribution is 2.36. The minimum absolute atomic E-state index is 0.100. The maximum absolute atomic E-state index is 13.1. The van der Waals surface area contributed by atoms with Crippen LogP contribution in [0.4, 0.5) is 10.5 Å². The fourth-order valence-electron chi connectivity index (χ4n) is 3.40. The Balaban J connectivity index is 1.91. The highest BCUT2D eigenvalue weighted by Gasteiger charge is 2.35. The summed E-state index contributed by atoms with van der Waals surface area (Å²) in [7, 11) is 0. The van der Waals surface area contributed by atoms with E-state index in [1.807, 2.05) is 13.8 Å². The highest BCUT2D eigenvalue weighted by atomic mass is 16.6. The molecule has 8 nitrogen and oxygen atoms in total. The number of nitrogens with one attached hydrogen (secondary N) is 1. The summed E-state index contributed by atoms with van der Waals surface area (Å²) in [6.07, 6.45) is 0.822. The van der Waals surface area contributed by atoms with Crippen molar-refractivity contribution in [2.75, 3.05) is 5.32 Å². The fraction of sp³-hybridized carbons (Fsp3) is 0.200. The van der Waals surface area contributed by atoms with Crippen molar-refractivity contribution in [3.63, 3.8) is 0 Å². The average Bonchev–Trinajstić information content (AvgIpc) is 2.75. The molecule has 1 amide bonds. The van der Waals surface area contributed by atoms with Gasteiger partial charge in [-0.1, -0.05) is 23.8 Å². The maximum atomic E-state index is 13.1. The Kier molecular flexibility index (Phi) is 6.77. The molecule has 0 heterocycles. The summed E-state index contributed by atoms with van der Waals surface area (Å²) < 4.78 is 5.48. The van der Waals surface area contributed by atoms with E-state index < -0.39 is 35.3 Å². The quantitative estimate of drug-likeness (QED) is 0.334. The van der Waals surface area contributed by atoms with E-state index in [1.54, 1.807) is 24.3 Å². The van der Waals surface area contributed by atoms with Gasteiger partial charge in [0.2, 0.25) is 0 Å². The Bertz CT molecular complexity index is 1220. The number of carbonyl (C=O) groups is 4. The van der Waals surface area contributed by atoms with Crippen LogP contribution in [-0.4, -0.2) is 39.8 Å². The second-order valence-corrected chi connectivity index (χ2v) is 7.82. The zero-order chi connectivity index (χ0) is 24.3. The van der Waals surface area contributed by atoms with E-state index in [0.29, 0.717) is 11.3 Å². The molecule has 1 aliphatic carbocycles. The number of rotatable bonds is 6. The first kappa shape index (κ1) is 23.5. The summed E-state index contributed by atoms with van der Waals surface area (Å²) in [6, 6.07) is 8.50. The van der Waals surface area contributed by atoms with Crippen LogP contribution in [0.25, 0.3) is 0 Å². The molecule has 1 aliphatic rings. The molecule has 0 unspecified atom stereocenters. The van der Waals surface area contributed by atoms with Crippen molar-refractivity contribution in [2.24, 2.45) is 0 Å². The molecule has 0 bridgehead atoms. The van der Waals surface area contributed by atoms with Crippen LogP contribution < -0.4 is 5.32 Å². The van der Waals surface area contributed by atoms with Gasteiger partial charge in [-0.3, -0.25) is 19.7 Å². The molecule has 33 heavy (non-hydrogen) atoms. The summed E-state index contributed by atoms with van der Waals surface area (Å²) in [5.74, 6) is -2.48. The summed E-state index contributed by atoms with van der Waals surface area (Å²) in [4.78, 5) is 49.9. The lowest BCUT2D eigenvalue weighted by atomic mass is 9.85. The highest BCUT2D eigenvalue weighted by molar-refractivity contribution is 6.27. The van der Waals surface area contributed by atoms with Gasteiger partial charge in [0.15, 0.2) is 17.3 Å².